The molecule has 31 heavy (non-hydrogen) atoms. The third-order valence-corrected chi connectivity index (χ3v) is 8.50. The number of halogens is 1. The maximum Gasteiger partial charge on any atom is 0.309 e. The quantitative estimate of drug-likeness (QED) is 0.643. The van der Waals surface area contributed by atoms with Gasteiger partial charge in [0.05, 0.1) is 10.8 Å². The summed E-state index contributed by atoms with van der Waals surface area (Å²) in [6, 6.07) is 6.17. The first-order valence-corrected chi connectivity index (χ1v) is 12.8. The molecule has 9 heteroatoms. The number of hydrogen-bond acceptors (Lipinski definition) is 5. The summed E-state index contributed by atoms with van der Waals surface area (Å²) in [5.41, 5.74) is 0. The van der Waals surface area contributed by atoms with E-state index in [1.165, 1.54) is 22.9 Å². The van der Waals surface area contributed by atoms with Crippen molar-refractivity contribution in [2.45, 2.75) is 69.4 Å². The third kappa shape index (κ3) is 5.99. The summed E-state index contributed by atoms with van der Waals surface area (Å²) in [5.74, 6) is -0.703. The number of esters is 1. The van der Waals surface area contributed by atoms with Crippen molar-refractivity contribution in [2.75, 3.05) is 13.1 Å². The fourth-order valence-electron chi connectivity index (χ4n) is 4.24. The predicted molar refractivity (Wildman–Crippen MR) is 118 cm³/mol. The molecule has 3 atom stereocenters. The molecule has 1 aliphatic heterocycles. The van der Waals surface area contributed by atoms with Crippen molar-refractivity contribution >= 4 is 33.5 Å². The number of carbonyl (C=O) groups is 2. The lowest BCUT2D eigenvalue weighted by atomic mass is 9.86. The zero-order valence-electron chi connectivity index (χ0n) is 18.1. The summed E-state index contributed by atoms with van der Waals surface area (Å²) >= 11 is 5.84. The number of amides is 1. The Labute approximate surface area is 189 Å². The molecule has 0 spiro atoms. The van der Waals surface area contributed by atoms with Gasteiger partial charge in [-0.05, 0) is 62.8 Å². The van der Waals surface area contributed by atoms with Crippen molar-refractivity contribution in [3.8, 4) is 0 Å². The Morgan fingerprint density at radius 3 is 2.32 bits per heavy atom. The zero-order valence-corrected chi connectivity index (χ0v) is 19.6. The summed E-state index contributed by atoms with van der Waals surface area (Å²) < 4.78 is 32.3. The fraction of sp³-hybridized carbons (Fsp3) is 0.636. The highest BCUT2D eigenvalue weighted by atomic mass is 35.5. The Balaban J connectivity index is 1.49. The molecule has 1 heterocycles. The molecular weight excluding hydrogens is 440 g/mol. The zero-order chi connectivity index (χ0) is 22.6. The average molecular weight is 471 g/mol. The third-order valence-electron chi connectivity index (χ3n) is 6.34. The first kappa shape index (κ1) is 24.0. The van der Waals surface area contributed by atoms with Crippen LogP contribution in [0.5, 0.6) is 0 Å². The second-order valence-electron chi connectivity index (χ2n) is 8.59. The summed E-state index contributed by atoms with van der Waals surface area (Å²) in [6.07, 6.45) is 4.19. The molecular formula is C22H31ClN2O5S. The van der Waals surface area contributed by atoms with Gasteiger partial charge in [-0.15, -0.1) is 0 Å². The lowest BCUT2D eigenvalue weighted by Crippen LogP contribution is -2.47. The minimum atomic E-state index is -3.63. The Bertz CT molecular complexity index is 882. The lowest BCUT2D eigenvalue weighted by molar-refractivity contribution is -0.160. The number of carbonyl (C=O) groups excluding carboxylic acids is 2. The Hall–Kier alpha value is -1.64. The van der Waals surface area contributed by atoms with Crippen molar-refractivity contribution in [1.29, 1.82) is 0 Å². The number of nitrogens with one attached hydrogen (secondary N) is 1. The molecule has 7 nitrogen and oxygen atoms in total. The monoisotopic (exact) mass is 470 g/mol. The van der Waals surface area contributed by atoms with Gasteiger partial charge in [0, 0.05) is 24.2 Å². The van der Waals surface area contributed by atoms with Crippen molar-refractivity contribution in [3.63, 3.8) is 0 Å². The molecule has 2 fully saturated rings. The Kier molecular flexibility index (Phi) is 7.99. The number of nitrogens with zero attached hydrogens (tertiary/aromatic N) is 1. The molecule has 0 aromatic heterocycles. The SMILES string of the molecule is C[C@H](OC(=O)C1CCN(S(=O)(=O)c2ccc(Cl)cc2)CC1)C(=O)N[C@@H]1CCCC[C@H]1C. The van der Waals surface area contributed by atoms with Crippen molar-refractivity contribution in [2.24, 2.45) is 11.8 Å². The number of rotatable bonds is 6. The van der Waals surface area contributed by atoms with Crippen LogP contribution in [0, 0.1) is 11.8 Å². The van der Waals surface area contributed by atoms with Crippen LogP contribution in [0.15, 0.2) is 29.2 Å². The summed E-state index contributed by atoms with van der Waals surface area (Å²) in [4.78, 5) is 25.2. The predicted octanol–water partition coefficient (Wildman–Crippen LogP) is 3.37. The maximum absolute atomic E-state index is 12.8. The van der Waals surface area contributed by atoms with Crippen LogP contribution >= 0.6 is 11.6 Å². The van der Waals surface area contributed by atoms with Crippen LogP contribution < -0.4 is 5.32 Å². The molecule has 1 N–H and O–H groups in total. The van der Waals surface area contributed by atoms with E-state index in [1.807, 2.05) is 0 Å². The second-order valence-corrected chi connectivity index (χ2v) is 11.0. The number of ether oxygens (including phenoxy) is 1. The van der Waals surface area contributed by atoms with Crippen molar-refractivity contribution in [3.05, 3.63) is 29.3 Å². The minimum Gasteiger partial charge on any atom is -0.452 e. The van der Waals surface area contributed by atoms with Crippen LogP contribution in [0.1, 0.15) is 52.4 Å². The van der Waals surface area contributed by atoms with Crippen LogP contribution in [0.3, 0.4) is 0 Å². The van der Waals surface area contributed by atoms with Gasteiger partial charge in [0.1, 0.15) is 0 Å². The standard InChI is InChI=1S/C22H31ClN2O5S/c1-15-5-3-4-6-20(15)24-21(26)16(2)30-22(27)17-11-13-25(14-12-17)31(28,29)19-9-7-18(23)8-10-19/h7-10,15-17,20H,3-6,11-14H2,1-2H3,(H,24,26)/t15-,16+,20-/m1/s1. The molecule has 0 unspecified atom stereocenters. The van der Waals surface area contributed by atoms with Crippen LogP contribution in [0.25, 0.3) is 0 Å². The molecule has 172 valence electrons. The van der Waals surface area contributed by atoms with E-state index in [9.17, 15) is 18.0 Å². The van der Waals surface area contributed by atoms with Crippen molar-refractivity contribution < 1.29 is 22.7 Å². The van der Waals surface area contributed by atoms with Gasteiger partial charge in [0.2, 0.25) is 10.0 Å². The maximum atomic E-state index is 12.8. The molecule has 1 saturated heterocycles. The van der Waals surface area contributed by atoms with E-state index >= 15 is 0 Å². The molecule has 1 aromatic rings. The molecule has 3 rings (SSSR count). The topological polar surface area (TPSA) is 92.8 Å². The van der Waals surface area contributed by atoms with Gasteiger partial charge in [-0.1, -0.05) is 31.4 Å². The van der Waals surface area contributed by atoms with E-state index in [0.29, 0.717) is 23.8 Å². The van der Waals surface area contributed by atoms with Crippen molar-refractivity contribution in [1.82, 2.24) is 9.62 Å². The van der Waals surface area contributed by atoms with E-state index < -0.39 is 28.0 Å². The van der Waals surface area contributed by atoms with Gasteiger partial charge < -0.3 is 10.1 Å². The van der Waals surface area contributed by atoms with Crippen LogP contribution in [0.4, 0.5) is 0 Å². The van der Waals surface area contributed by atoms with E-state index in [4.69, 9.17) is 16.3 Å². The summed E-state index contributed by atoms with van der Waals surface area (Å²) in [7, 11) is -3.63. The smallest absolute Gasteiger partial charge is 0.309 e. The molecule has 1 saturated carbocycles. The Morgan fingerprint density at radius 2 is 1.71 bits per heavy atom. The number of hydrogen-bond donors (Lipinski definition) is 1. The van der Waals surface area contributed by atoms with E-state index in [1.54, 1.807) is 19.1 Å². The number of benzene rings is 1. The highest BCUT2D eigenvalue weighted by Gasteiger charge is 2.34. The van der Waals surface area contributed by atoms with E-state index in [2.05, 4.69) is 12.2 Å². The number of piperidine rings is 1. The fourth-order valence-corrected chi connectivity index (χ4v) is 5.84. The largest absolute Gasteiger partial charge is 0.452 e. The van der Waals surface area contributed by atoms with Gasteiger partial charge in [0.25, 0.3) is 5.91 Å². The van der Waals surface area contributed by atoms with Gasteiger partial charge in [-0.3, -0.25) is 9.59 Å². The minimum absolute atomic E-state index is 0.128. The van der Waals surface area contributed by atoms with Gasteiger partial charge in [-0.25, -0.2) is 8.42 Å². The molecule has 1 aromatic carbocycles. The van der Waals surface area contributed by atoms with Crippen LogP contribution in [0.2, 0.25) is 5.02 Å². The lowest BCUT2D eigenvalue weighted by Gasteiger charge is -2.32. The normalized spacial score (nSPS) is 24.4. The van der Waals surface area contributed by atoms with E-state index in [-0.39, 0.29) is 29.9 Å². The first-order valence-electron chi connectivity index (χ1n) is 10.9. The molecule has 0 bridgehead atoms. The summed E-state index contributed by atoms with van der Waals surface area (Å²) in [5, 5.41) is 3.48. The van der Waals surface area contributed by atoms with Crippen LogP contribution in [-0.4, -0.2) is 49.8 Å². The highest BCUT2D eigenvalue weighted by Crippen LogP contribution is 2.26. The van der Waals surface area contributed by atoms with Gasteiger partial charge in [0.15, 0.2) is 6.10 Å². The van der Waals surface area contributed by atoms with E-state index in [0.717, 1.165) is 19.3 Å². The molecule has 2 aliphatic rings. The first-order chi connectivity index (χ1) is 14.7. The summed E-state index contributed by atoms with van der Waals surface area (Å²) in [6.45, 7) is 4.17. The highest BCUT2D eigenvalue weighted by molar-refractivity contribution is 7.89. The molecule has 1 aliphatic carbocycles. The van der Waals surface area contributed by atoms with Crippen LogP contribution in [-0.2, 0) is 24.3 Å². The molecule has 0 radical (unpaired) electrons. The van der Waals surface area contributed by atoms with Gasteiger partial charge in [-0.2, -0.15) is 4.31 Å². The van der Waals surface area contributed by atoms with Gasteiger partial charge >= 0.3 is 5.97 Å². The number of sulfonamides is 1. The Morgan fingerprint density at radius 1 is 1.10 bits per heavy atom. The average Bonchev–Trinajstić information content (AvgIpc) is 2.75. The second kappa shape index (κ2) is 10.3. The molecule has 1 amide bonds.